The number of anilines is 1. The molecule has 0 aliphatic carbocycles. The minimum atomic E-state index is -2.41. The van der Waals surface area contributed by atoms with E-state index in [-0.39, 0.29) is 5.15 Å². The smallest absolute Gasteiger partial charge is 0.255 e. The van der Waals surface area contributed by atoms with Crippen molar-refractivity contribution in [3.63, 3.8) is 0 Å². The predicted molar refractivity (Wildman–Crippen MR) is 46.3 cm³/mol. The molecule has 0 fully saturated rings. The molecule has 0 saturated heterocycles. The largest absolute Gasteiger partial charge is 0.364 e. The number of hydrogen-bond donors (Lipinski definition) is 1. The maximum Gasteiger partial charge on any atom is 0.255 e. The third-order valence-electron chi connectivity index (χ3n) is 1.45. The van der Waals surface area contributed by atoms with Crippen molar-refractivity contribution in [1.29, 1.82) is 0 Å². The van der Waals surface area contributed by atoms with Gasteiger partial charge in [-0.15, -0.1) is 0 Å². The first-order valence-corrected chi connectivity index (χ1v) is 3.98. The van der Waals surface area contributed by atoms with Crippen molar-refractivity contribution in [3.8, 4) is 0 Å². The summed E-state index contributed by atoms with van der Waals surface area (Å²) in [4.78, 5) is 7.46. The summed E-state index contributed by atoms with van der Waals surface area (Å²) in [5.41, 5.74) is 0.574. The highest BCUT2D eigenvalue weighted by atomic mass is 35.5. The molecular formula is C7H8ClF2N3. The number of nitrogens with zero attached hydrogens (tertiary/aromatic N) is 2. The van der Waals surface area contributed by atoms with Crippen LogP contribution in [0.15, 0.2) is 6.33 Å². The summed E-state index contributed by atoms with van der Waals surface area (Å²) >= 11 is 5.65. The van der Waals surface area contributed by atoms with Gasteiger partial charge >= 0.3 is 0 Å². The number of alkyl halides is 2. The summed E-state index contributed by atoms with van der Waals surface area (Å²) < 4.78 is 23.6. The monoisotopic (exact) mass is 207 g/mol. The van der Waals surface area contributed by atoms with Gasteiger partial charge in [0.1, 0.15) is 17.3 Å². The van der Waals surface area contributed by atoms with Crippen LogP contribution in [0, 0.1) is 6.92 Å². The zero-order chi connectivity index (χ0) is 9.84. The second kappa shape index (κ2) is 4.32. The Morgan fingerprint density at radius 1 is 1.54 bits per heavy atom. The van der Waals surface area contributed by atoms with Gasteiger partial charge in [0.15, 0.2) is 0 Å². The quantitative estimate of drug-likeness (QED) is 0.772. The van der Waals surface area contributed by atoms with E-state index < -0.39 is 13.0 Å². The van der Waals surface area contributed by atoms with Crippen molar-refractivity contribution in [2.24, 2.45) is 0 Å². The van der Waals surface area contributed by atoms with Crippen LogP contribution in [0.25, 0.3) is 0 Å². The van der Waals surface area contributed by atoms with Crippen molar-refractivity contribution >= 4 is 17.4 Å². The number of aromatic nitrogens is 2. The fourth-order valence-corrected chi connectivity index (χ4v) is 0.914. The average Bonchev–Trinajstić information content (AvgIpc) is 2.07. The van der Waals surface area contributed by atoms with Crippen molar-refractivity contribution < 1.29 is 8.78 Å². The van der Waals surface area contributed by atoms with Crippen LogP contribution in [0.4, 0.5) is 14.6 Å². The van der Waals surface area contributed by atoms with E-state index in [4.69, 9.17) is 11.6 Å². The molecule has 6 heteroatoms. The highest BCUT2D eigenvalue weighted by molar-refractivity contribution is 6.30. The normalized spacial score (nSPS) is 10.5. The lowest BCUT2D eigenvalue weighted by molar-refractivity contribution is 0.163. The van der Waals surface area contributed by atoms with Gasteiger partial charge in [-0.2, -0.15) is 0 Å². The van der Waals surface area contributed by atoms with E-state index in [1.165, 1.54) is 6.33 Å². The van der Waals surface area contributed by atoms with Crippen LogP contribution < -0.4 is 5.32 Å². The van der Waals surface area contributed by atoms with Gasteiger partial charge in [-0.05, 0) is 6.92 Å². The molecule has 0 atom stereocenters. The van der Waals surface area contributed by atoms with Gasteiger partial charge in [-0.3, -0.25) is 0 Å². The Morgan fingerprint density at radius 3 is 2.85 bits per heavy atom. The lowest BCUT2D eigenvalue weighted by atomic mass is 10.3. The van der Waals surface area contributed by atoms with Gasteiger partial charge in [0, 0.05) is 5.56 Å². The number of halogens is 3. The van der Waals surface area contributed by atoms with Crippen LogP contribution >= 0.6 is 11.6 Å². The van der Waals surface area contributed by atoms with Gasteiger partial charge in [0.2, 0.25) is 0 Å². The molecule has 0 unspecified atom stereocenters. The minimum Gasteiger partial charge on any atom is -0.364 e. The summed E-state index contributed by atoms with van der Waals surface area (Å²) in [5.74, 6) is 0.348. The Hall–Kier alpha value is -0.970. The molecular weight excluding hydrogens is 200 g/mol. The molecule has 1 heterocycles. The summed E-state index contributed by atoms with van der Waals surface area (Å²) in [5, 5.41) is 2.74. The van der Waals surface area contributed by atoms with Gasteiger partial charge in [0.05, 0.1) is 6.54 Å². The molecule has 72 valence electrons. The van der Waals surface area contributed by atoms with Crippen molar-refractivity contribution in [2.45, 2.75) is 13.3 Å². The first-order valence-electron chi connectivity index (χ1n) is 3.60. The Bertz CT molecular complexity index is 293. The van der Waals surface area contributed by atoms with Crippen LogP contribution in [-0.2, 0) is 0 Å². The van der Waals surface area contributed by atoms with E-state index in [2.05, 4.69) is 15.3 Å². The molecule has 0 aliphatic rings. The zero-order valence-corrected chi connectivity index (χ0v) is 7.65. The molecule has 0 radical (unpaired) electrons. The number of hydrogen-bond acceptors (Lipinski definition) is 3. The summed E-state index contributed by atoms with van der Waals surface area (Å²) in [6, 6.07) is 0. The lowest BCUT2D eigenvalue weighted by Gasteiger charge is -2.07. The van der Waals surface area contributed by atoms with Gasteiger partial charge in [0.25, 0.3) is 6.43 Å². The highest BCUT2D eigenvalue weighted by Crippen LogP contribution is 2.17. The lowest BCUT2D eigenvalue weighted by Crippen LogP contribution is -2.12. The third-order valence-corrected chi connectivity index (χ3v) is 1.83. The number of rotatable bonds is 3. The Morgan fingerprint density at radius 2 is 2.23 bits per heavy atom. The molecule has 13 heavy (non-hydrogen) atoms. The predicted octanol–water partition coefficient (Wildman–Crippen LogP) is 2.12. The van der Waals surface area contributed by atoms with Gasteiger partial charge in [-0.25, -0.2) is 18.7 Å². The molecule has 1 rings (SSSR count). The maximum atomic E-state index is 11.8. The molecule has 0 saturated carbocycles. The maximum absolute atomic E-state index is 11.8. The molecule has 0 spiro atoms. The average molecular weight is 208 g/mol. The molecule has 0 aromatic carbocycles. The van der Waals surface area contributed by atoms with E-state index >= 15 is 0 Å². The van der Waals surface area contributed by atoms with Crippen LogP contribution in [0.3, 0.4) is 0 Å². The Balaban J connectivity index is 2.71. The van der Waals surface area contributed by atoms with Crippen LogP contribution in [0.2, 0.25) is 5.15 Å². The van der Waals surface area contributed by atoms with Crippen LogP contribution in [0.5, 0.6) is 0 Å². The second-order valence-electron chi connectivity index (χ2n) is 2.41. The molecule has 1 aromatic heterocycles. The first-order chi connectivity index (χ1) is 6.11. The molecule has 3 nitrogen and oxygen atoms in total. The van der Waals surface area contributed by atoms with E-state index in [0.717, 1.165) is 0 Å². The zero-order valence-electron chi connectivity index (χ0n) is 6.89. The van der Waals surface area contributed by atoms with E-state index in [9.17, 15) is 8.78 Å². The molecule has 0 bridgehead atoms. The van der Waals surface area contributed by atoms with Crippen molar-refractivity contribution in [3.05, 3.63) is 17.0 Å². The SMILES string of the molecule is Cc1c(Cl)ncnc1NCC(F)F. The summed E-state index contributed by atoms with van der Waals surface area (Å²) in [6.45, 7) is 1.23. The van der Waals surface area contributed by atoms with Gasteiger partial charge < -0.3 is 5.32 Å². The minimum absolute atomic E-state index is 0.270. The molecule has 1 N–H and O–H groups in total. The highest BCUT2D eigenvalue weighted by Gasteiger charge is 2.07. The first kappa shape index (κ1) is 10.1. The Kier molecular flexibility index (Phi) is 3.36. The third kappa shape index (κ3) is 2.77. The molecule has 1 aromatic rings. The topological polar surface area (TPSA) is 37.8 Å². The molecule has 0 aliphatic heterocycles. The Labute approximate surface area is 79.1 Å². The van der Waals surface area contributed by atoms with Crippen molar-refractivity contribution in [1.82, 2.24) is 9.97 Å². The fraction of sp³-hybridized carbons (Fsp3) is 0.429. The van der Waals surface area contributed by atoms with E-state index in [1.807, 2.05) is 0 Å². The summed E-state index contributed by atoms with van der Waals surface area (Å²) in [6.07, 6.45) is -1.18. The second-order valence-corrected chi connectivity index (χ2v) is 2.77. The van der Waals surface area contributed by atoms with E-state index in [0.29, 0.717) is 11.4 Å². The summed E-state index contributed by atoms with van der Waals surface area (Å²) in [7, 11) is 0. The van der Waals surface area contributed by atoms with Gasteiger partial charge in [-0.1, -0.05) is 11.6 Å². The fourth-order valence-electron chi connectivity index (χ4n) is 0.781. The van der Waals surface area contributed by atoms with Crippen LogP contribution in [0.1, 0.15) is 5.56 Å². The van der Waals surface area contributed by atoms with Crippen LogP contribution in [-0.4, -0.2) is 22.9 Å². The number of nitrogens with one attached hydrogen (secondary N) is 1. The molecule has 0 amide bonds. The van der Waals surface area contributed by atoms with E-state index in [1.54, 1.807) is 6.92 Å². The van der Waals surface area contributed by atoms with Crippen molar-refractivity contribution in [2.75, 3.05) is 11.9 Å². The standard InChI is InChI=1S/C7H8ClF2N3/c1-4-6(8)12-3-13-7(4)11-2-5(9)10/h3,5H,2H2,1H3,(H,11,12,13).